The Bertz CT molecular complexity index is 592. The van der Waals surface area contributed by atoms with Crippen molar-refractivity contribution in [2.24, 2.45) is 0 Å². The van der Waals surface area contributed by atoms with Gasteiger partial charge in [0.15, 0.2) is 0 Å². The molecule has 0 saturated carbocycles. The van der Waals surface area contributed by atoms with E-state index in [4.69, 9.17) is 21.0 Å². The van der Waals surface area contributed by atoms with Gasteiger partial charge in [0.2, 0.25) is 0 Å². The van der Waals surface area contributed by atoms with Gasteiger partial charge >= 0.3 is 0 Å². The first kappa shape index (κ1) is 12.2. The van der Waals surface area contributed by atoms with E-state index in [2.05, 4.69) is 0 Å². The highest BCUT2D eigenvalue weighted by Gasteiger charge is 2.18. The summed E-state index contributed by atoms with van der Waals surface area (Å²) in [6.07, 6.45) is 0. The van der Waals surface area contributed by atoms with Crippen LogP contribution in [0.25, 0.3) is 0 Å². The maximum atomic E-state index is 10.9. The molecule has 3 N–H and O–H groups in total. The highest BCUT2D eigenvalue weighted by atomic mass is 35.7. The molecule has 0 amide bonds. The van der Waals surface area contributed by atoms with Crippen molar-refractivity contribution in [2.45, 2.75) is 9.79 Å². The fraction of sp³-hybridized carbons (Fsp3) is 0. The van der Waals surface area contributed by atoms with E-state index in [1.165, 1.54) is 0 Å². The van der Waals surface area contributed by atoms with Gasteiger partial charge in [0.05, 0.1) is 10.6 Å². The minimum atomic E-state index is -4.56. The molecule has 9 heteroatoms. The molecule has 1 aromatic rings. The van der Waals surface area contributed by atoms with Crippen LogP contribution < -0.4 is 5.73 Å². The Morgan fingerprint density at radius 1 is 1.20 bits per heavy atom. The van der Waals surface area contributed by atoms with E-state index in [1.807, 2.05) is 0 Å². The smallest absolute Gasteiger partial charge is 0.296 e. The van der Waals surface area contributed by atoms with E-state index < -0.39 is 29.0 Å². The zero-order valence-electron chi connectivity index (χ0n) is 7.08. The minimum Gasteiger partial charge on any atom is -0.398 e. The molecule has 0 aliphatic heterocycles. The molecule has 0 spiro atoms. The van der Waals surface area contributed by atoms with E-state index in [-0.39, 0.29) is 5.69 Å². The van der Waals surface area contributed by atoms with Crippen LogP contribution in [-0.4, -0.2) is 21.4 Å². The Hall–Kier alpha value is -0.830. The van der Waals surface area contributed by atoms with E-state index >= 15 is 0 Å². The van der Waals surface area contributed by atoms with Crippen LogP contribution in [0, 0.1) is 0 Å². The van der Waals surface area contributed by atoms with Gasteiger partial charge in [-0.3, -0.25) is 4.55 Å². The van der Waals surface area contributed by atoms with Crippen LogP contribution in [0.15, 0.2) is 28.0 Å². The van der Waals surface area contributed by atoms with Crippen LogP contribution in [0.5, 0.6) is 0 Å². The lowest BCUT2D eigenvalue weighted by Gasteiger charge is -2.03. The number of halogens is 1. The molecule has 0 aromatic heterocycles. The standard InChI is InChI=1S/C6H6ClNO5S2/c7-14(9,10)4-1-2-5(8)6(3-4)15(11,12)13/h1-3H,8H2,(H,11,12,13). The van der Waals surface area contributed by atoms with Gasteiger partial charge in [-0.25, -0.2) is 8.42 Å². The zero-order valence-corrected chi connectivity index (χ0v) is 9.47. The molecule has 6 nitrogen and oxygen atoms in total. The Balaban J connectivity index is 3.57. The summed E-state index contributed by atoms with van der Waals surface area (Å²) in [7, 11) is -3.64. The van der Waals surface area contributed by atoms with Crippen molar-refractivity contribution in [1.29, 1.82) is 0 Å². The molecule has 0 aliphatic rings. The fourth-order valence-electron chi connectivity index (χ4n) is 0.890. The molecular weight excluding hydrogens is 266 g/mol. The van der Waals surface area contributed by atoms with Gasteiger partial charge in [-0.15, -0.1) is 0 Å². The predicted molar refractivity (Wildman–Crippen MR) is 53.7 cm³/mol. The van der Waals surface area contributed by atoms with Crippen molar-refractivity contribution < 1.29 is 21.4 Å². The first-order chi connectivity index (χ1) is 6.62. The summed E-state index contributed by atoms with van der Waals surface area (Å²) in [5.41, 5.74) is 4.98. The molecule has 0 saturated heterocycles. The SMILES string of the molecule is Nc1ccc(S(=O)(=O)Cl)cc1S(=O)(=O)O. The van der Waals surface area contributed by atoms with Crippen molar-refractivity contribution in [2.75, 3.05) is 5.73 Å². The predicted octanol–water partition coefficient (Wildman–Crippen LogP) is 0.443. The monoisotopic (exact) mass is 271 g/mol. The molecule has 0 atom stereocenters. The van der Waals surface area contributed by atoms with Crippen LogP contribution in [-0.2, 0) is 19.2 Å². The third-order valence-corrected chi connectivity index (χ3v) is 3.81. The van der Waals surface area contributed by atoms with Gasteiger partial charge in [0.1, 0.15) is 4.90 Å². The average molecular weight is 272 g/mol. The molecule has 1 aromatic carbocycles. The van der Waals surface area contributed by atoms with Crippen molar-refractivity contribution in [1.82, 2.24) is 0 Å². The normalized spacial score (nSPS) is 12.7. The Kier molecular flexibility index (Phi) is 2.97. The molecule has 15 heavy (non-hydrogen) atoms. The van der Waals surface area contributed by atoms with Crippen molar-refractivity contribution in [3.63, 3.8) is 0 Å². The fourth-order valence-corrected chi connectivity index (χ4v) is 2.38. The molecule has 84 valence electrons. The quantitative estimate of drug-likeness (QED) is 0.458. The van der Waals surface area contributed by atoms with Crippen LogP contribution in [0.1, 0.15) is 0 Å². The Morgan fingerprint density at radius 2 is 1.73 bits per heavy atom. The second-order valence-electron chi connectivity index (χ2n) is 2.61. The number of anilines is 1. The summed E-state index contributed by atoms with van der Waals surface area (Å²) in [5, 5.41) is 0. The van der Waals surface area contributed by atoms with Gasteiger partial charge in [-0.05, 0) is 18.2 Å². The molecule has 0 unspecified atom stereocenters. The highest BCUT2D eigenvalue weighted by molar-refractivity contribution is 8.13. The van der Waals surface area contributed by atoms with E-state index in [9.17, 15) is 16.8 Å². The van der Waals surface area contributed by atoms with Crippen molar-refractivity contribution in [3.8, 4) is 0 Å². The molecule has 0 radical (unpaired) electrons. The van der Waals surface area contributed by atoms with E-state index in [0.29, 0.717) is 6.07 Å². The lowest BCUT2D eigenvalue weighted by atomic mass is 10.3. The van der Waals surface area contributed by atoms with Crippen LogP contribution in [0.4, 0.5) is 5.69 Å². The molecule has 0 aliphatic carbocycles. The highest BCUT2D eigenvalue weighted by Crippen LogP contribution is 2.24. The second-order valence-corrected chi connectivity index (χ2v) is 6.57. The van der Waals surface area contributed by atoms with Gasteiger partial charge in [0.25, 0.3) is 19.2 Å². The number of benzene rings is 1. The van der Waals surface area contributed by atoms with Gasteiger partial charge < -0.3 is 5.73 Å². The summed E-state index contributed by atoms with van der Waals surface area (Å²) in [5.74, 6) is 0. The Labute approximate surface area is 90.8 Å². The van der Waals surface area contributed by atoms with Crippen LogP contribution in [0.2, 0.25) is 0 Å². The minimum absolute atomic E-state index is 0.262. The summed E-state index contributed by atoms with van der Waals surface area (Å²) < 4.78 is 52.0. The van der Waals surface area contributed by atoms with E-state index in [0.717, 1.165) is 12.1 Å². The Morgan fingerprint density at radius 3 is 2.13 bits per heavy atom. The van der Waals surface area contributed by atoms with Gasteiger partial charge in [-0.1, -0.05) is 0 Å². The average Bonchev–Trinajstić information content (AvgIpc) is 2.00. The second kappa shape index (κ2) is 3.63. The van der Waals surface area contributed by atoms with Crippen LogP contribution >= 0.6 is 10.7 Å². The summed E-state index contributed by atoms with van der Waals surface area (Å²) in [6.45, 7) is 0. The van der Waals surface area contributed by atoms with Crippen LogP contribution in [0.3, 0.4) is 0 Å². The first-order valence-corrected chi connectivity index (χ1v) is 7.19. The number of hydrogen-bond acceptors (Lipinski definition) is 5. The summed E-state index contributed by atoms with van der Waals surface area (Å²) >= 11 is 0. The van der Waals surface area contributed by atoms with Gasteiger partial charge in [0, 0.05) is 10.7 Å². The van der Waals surface area contributed by atoms with Crippen molar-refractivity contribution in [3.05, 3.63) is 18.2 Å². The zero-order chi connectivity index (χ0) is 11.9. The van der Waals surface area contributed by atoms with Gasteiger partial charge in [-0.2, -0.15) is 8.42 Å². The first-order valence-electron chi connectivity index (χ1n) is 3.44. The number of nitrogen functional groups attached to an aromatic ring is 1. The maximum absolute atomic E-state index is 10.9. The topological polar surface area (TPSA) is 115 Å². The third kappa shape index (κ3) is 2.81. The number of rotatable bonds is 2. The summed E-state index contributed by atoms with van der Waals surface area (Å²) in [4.78, 5) is -1.14. The largest absolute Gasteiger partial charge is 0.398 e. The molecular formula is C6H6ClNO5S2. The lowest BCUT2D eigenvalue weighted by molar-refractivity contribution is 0.483. The van der Waals surface area contributed by atoms with E-state index in [1.54, 1.807) is 0 Å². The lowest BCUT2D eigenvalue weighted by Crippen LogP contribution is -2.04. The third-order valence-electron chi connectivity index (χ3n) is 1.54. The number of nitrogens with two attached hydrogens (primary N) is 1. The molecule has 1 rings (SSSR count). The number of hydrogen-bond donors (Lipinski definition) is 2. The molecule has 0 bridgehead atoms. The molecule has 0 heterocycles. The summed E-state index contributed by atoms with van der Waals surface area (Å²) in [6, 6.07) is 2.75. The maximum Gasteiger partial charge on any atom is 0.296 e. The van der Waals surface area contributed by atoms with Crippen molar-refractivity contribution >= 4 is 35.5 Å². The molecule has 0 fully saturated rings.